The molecule has 3 fully saturated rings. The van der Waals surface area contributed by atoms with Gasteiger partial charge in [-0.25, -0.2) is 4.79 Å². The highest BCUT2D eigenvalue weighted by Gasteiger charge is 2.51. The van der Waals surface area contributed by atoms with Gasteiger partial charge >= 0.3 is 6.09 Å². The number of piperidine rings is 1. The maximum absolute atomic E-state index is 11.9. The summed E-state index contributed by atoms with van der Waals surface area (Å²) in [6.45, 7) is 8.83. The van der Waals surface area contributed by atoms with Crippen LogP contribution in [0.1, 0.15) is 52.0 Å². The summed E-state index contributed by atoms with van der Waals surface area (Å²) in [6.07, 6.45) is 10.0. The Labute approximate surface area is 156 Å². The van der Waals surface area contributed by atoms with Crippen LogP contribution in [0, 0.1) is 11.3 Å². The molecule has 1 aliphatic carbocycles. The summed E-state index contributed by atoms with van der Waals surface area (Å²) in [5.74, 6) is 0.728. The van der Waals surface area contributed by atoms with Crippen molar-refractivity contribution in [1.29, 1.82) is 0 Å². The summed E-state index contributed by atoms with van der Waals surface area (Å²) in [7, 11) is 0. The first-order chi connectivity index (χ1) is 12.6. The smallest absolute Gasteiger partial charge is 0.409 e. The standard InChI is InChI=1S/C20H32N4O2/c1-3-26-19(25)23-12-7-20(15-23)13-18(14-20)22-10-5-17(6-11-22)16(2)24-9-4-8-21-24/h4,8-9,16-18H,3,5-7,10-15H2,1-2H3. The Bertz CT molecular complexity index is 603. The van der Waals surface area contributed by atoms with Crippen LogP contribution in [-0.2, 0) is 4.74 Å². The molecule has 1 unspecified atom stereocenters. The van der Waals surface area contributed by atoms with E-state index >= 15 is 0 Å². The Morgan fingerprint density at radius 3 is 2.73 bits per heavy atom. The van der Waals surface area contributed by atoms with E-state index in [2.05, 4.69) is 27.8 Å². The molecule has 6 heteroatoms. The largest absolute Gasteiger partial charge is 0.450 e. The molecule has 0 radical (unpaired) electrons. The second kappa shape index (κ2) is 7.22. The second-order valence-electron chi connectivity index (χ2n) is 8.53. The molecule has 4 rings (SSSR count). The lowest BCUT2D eigenvalue weighted by atomic mass is 9.64. The molecule has 1 aromatic rings. The Kier molecular flexibility index (Phi) is 4.95. The fourth-order valence-electron chi connectivity index (χ4n) is 5.34. The van der Waals surface area contributed by atoms with Crippen LogP contribution in [-0.4, -0.2) is 64.5 Å². The van der Waals surface area contributed by atoms with Crippen LogP contribution >= 0.6 is 0 Å². The number of hydrogen-bond donors (Lipinski definition) is 0. The van der Waals surface area contributed by atoms with Crippen LogP contribution in [0.5, 0.6) is 0 Å². The van der Waals surface area contributed by atoms with Gasteiger partial charge < -0.3 is 14.5 Å². The average molecular weight is 361 g/mol. The normalized spacial score (nSPS) is 31.2. The number of likely N-dealkylation sites (tertiary alicyclic amines) is 2. The molecular weight excluding hydrogens is 328 g/mol. The molecule has 1 spiro atoms. The van der Waals surface area contributed by atoms with Crippen molar-refractivity contribution in [2.45, 2.75) is 58.0 Å². The number of hydrogen-bond acceptors (Lipinski definition) is 4. The fourth-order valence-corrected chi connectivity index (χ4v) is 5.34. The van der Waals surface area contributed by atoms with E-state index in [1.807, 2.05) is 24.1 Å². The minimum Gasteiger partial charge on any atom is -0.450 e. The number of rotatable bonds is 4. The van der Waals surface area contributed by atoms with Crippen molar-refractivity contribution in [3.63, 3.8) is 0 Å². The third-order valence-corrected chi connectivity index (χ3v) is 7.02. The van der Waals surface area contributed by atoms with Gasteiger partial charge in [-0.05, 0) is 76.4 Å². The molecule has 0 N–H and O–H groups in total. The van der Waals surface area contributed by atoms with Gasteiger partial charge in [-0.1, -0.05) is 0 Å². The summed E-state index contributed by atoms with van der Waals surface area (Å²) in [5.41, 5.74) is 0.372. The highest BCUT2D eigenvalue weighted by molar-refractivity contribution is 5.68. The summed E-state index contributed by atoms with van der Waals surface area (Å²) in [6, 6.07) is 3.23. The van der Waals surface area contributed by atoms with Crippen molar-refractivity contribution in [3.05, 3.63) is 18.5 Å². The van der Waals surface area contributed by atoms with Gasteiger partial charge in [0.25, 0.3) is 0 Å². The summed E-state index contributed by atoms with van der Waals surface area (Å²) >= 11 is 0. The van der Waals surface area contributed by atoms with Crippen LogP contribution in [0.2, 0.25) is 0 Å². The van der Waals surface area contributed by atoms with Crippen molar-refractivity contribution in [1.82, 2.24) is 19.6 Å². The number of ether oxygens (including phenoxy) is 1. The number of carbonyl (C=O) groups is 1. The van der Waals surface area contributed by atoms with Gasteiger partial charge in [0.15, 0.2) is 0 Å². The van der Waals surface area contributed by atoms with E-state index in [0.717, 1.165) is 31.5 Å². The van der Waals surface area contributed by atoms with Gasteiger partial charge in [-0.15, -0.1) is 0 Å². The number of carbonyl (C=O) groups excluding carboxylic acids is 1. The van der Waals surface area contributed by atoms with Crippen LogP contribution < -0.4 is 0 Å². The lowest BCUT2D eigenvalue weighted by Gasteiger charge is -2.52. The molecule has 1 aromatic heterocycles. The fraction of sp³-hybridized carbons (Fsp3) is 0.800. The van der Waals surface area contributed by atoms with E-state index in [-0.39, 0.29) is 6.09 Å². The van der Waals surface area contributed by atoms with Gasteiger partial charge in [0.2, 0.25) is 0 Å². The zero-order chi connectivity index (χ0) is 18.1. The predicted octanol–water partition coefficient (Wildman–Crippen LogP) is 3.17. The summed E-state index contributed by atoms with van der Waals surface area (Å²) in [4.78, 5) is 16.6. The van der Waals surface area contributed by atoms with Crippen molar-refractivity contribution < 1.29 is 9.53 Å². The molecule has 6 nitrogen and oxygen atoms in total. The van der Waals surface area contributed by atoms with Crippen molar-refractivity contribution >= 4 is 6.09 Å². The Balaban J connectivity index is 1.23. The predicted molar refractivity (Wildman–Crippen MR) is 99.9 cm³/mol. The number of amides is 1. The maximum atomic E-state index is 11.9. The van der Waals surface area contributed by atoms with Crippen LogP contribution in [0.4, 0.5) is 4.79 Å². The average Bonchev–Trinajstić information content (AvgIpc) is 3.30. The van der Waals surface area contributed by atoms with E-state index in [1.165, 1.54) is 38.8 Å². The second-order valence-corrected chi connectivity index (χ2v) is 8.53. The van der Waals surface area contributed by atoms with E-state index in [1.54, 1.807) is 0 Å². The Hall–Kier alpha value is -1.56. The molecule has 3 heterocycles. The SMILES string of the molecule is CCOC(=O)N1CCC2(CC(N3CCC(C(C)n4cccn4)CC3)C2)C1. The van der Waals surface area contributed by atoms with Gasteiger partial charge in [-0.3, -0.25) is 4.68 Å². The van der Waals surface area contributed by atoms with E-state index in [0.29, 0.717) is 18.1 Å². The van der Waals surface area contributed by atoms with Crippen molar-refractivity contribution in [3.8, 4) is 0 Å². The Morgan fingerprint density at radius 1 is 1.31 bits per heavy atom. The van der Waals surface area contributed by atoms with Gasteiger partial charge in [-0.2, -0.15) is 5.10 Å². The zero-order valence-corrected chi connectivity index (χ0v) is 16.1. The molecule has 1 amide bonds. The third-order valence-electron chi connectivity index (χ3n) is 7.02. The zero-order valence-electron chi connectivity index (χ0n) is 16.1. The van der Waals surface area contributed by atoms with Gasteiger partial charge in [0.1, 0.15) is 0 Å². The monoisotopic (exact) mass is 360 g/mol. The lowest BCUT2D eigenvalue weighted by molar-refractivity contribution is -0.0131. The molecule has 1 saturated carbocycles. The molecule has 1 atom stereocenters. The first-order valence-electron chi connectivity index (χ1n) is 10.2. The quantitative estimate of drug-likeness (QED) is 0.828. The topological polar surface area (TPSA) is 50.6 Å². The first kappa shape index (κ1) is 17.8. The lowest BCUT2D eigenvalue weighted by Crippen LogP contribution is -2.54. The van der Waals surface area contributed by atoms with E-state index in [4.69, 9.17) is 4.74 Å². The van der Waals surface area contributed by atoms with E-state index in [9.17, 15) is 4.79 Å². The van der Waals surface area contributed by atoms with Crippen molar-refractivity contribution in [2.75, 3.05) is 32.8 Å². The molecule has 26 heavy (non-hydrogen) atoms. The molecule has 2 saturated heterocycles. The molecule has 0 aromatic carbocycles. The molecular formula is C20H32N4O2. The highest BCUT2D eigenvalue weighted by atomic mass is 16.6. The molecule has 2 aliphatic heterocycles. The van der Waals surface area contributed by atoms with Crippen LogP contribution in [0.25, 0.3) is 0 Å². The van der Waals surface area contributed by atoms with Gasteiger partial charge in [0.05, 0.1) is 12.6 Å². The highest BCUT2D eigenvalue weighted by Crippen LogP contribution is 2.50. The molecule has 144 valence electrons. The summed E-state index contributed by atoms with van der Waals surface area (Å²) in [5, 5.41) is 4.42. The van der Waals surface area contributed by atoms with Crippen LogP contribution in [0.15, 0.2) is 18.5 Å². The Morgan fingerprint density at radius 2 is 2.08 bits per heavy atom. The van der Waals surface area contributed by atoms with Gasteiger partial charge in [0, 0.05) is 31.5 Å². The molecule has 0 bridgehead atoms. The third kappa shape index (κ3) is 3.36. The van der Waals surface area contributed by atoms with E-state index < -0.39 is 0 Å². The first-order valence-corrected chi connectivity index (χ1v) is 10.2. The molecule has 3 aliphatic rings. The van der Waals surface area contributed by atoms with Crippen molar-refractivity contribution in [2.24, 2.45) is 11.3 Å². The van der Waals surface area contributed by atoms with Crippen LogP contribution in [0.3, 0.4) is 0 Å². The minimum atomic E-state index is -0.124. The summed E-state index contributed by atoms with van der Waals surface area (Å²) < 4.78 is 7.28. The minimum absolute atomic E-state index is 0.124. The maximum Gasteiger partial charge on any atom is 0.409 e. The number of nitrogens with zero attached hydrogens (tertiary/aromatic N) is 4. The number of aromatic nitrogens is 2.